The average molecular weight is 385 g/mol. The highest BCUT2D eigenvalue weighted by Gasteiger charge is 2.28. The lowest BCUT2D eigenvalue weighted by atomic mass is 10.1. The second kappa shape index (κ2) is 8.64. The Labute approximate surface area is 162 Å². The number of pyridine rings is 1. The summed E-state index contributed by atoms with van der Waals surface area (Å²) in [4.78, 5) is 47.3. The van der Waals surface area contributed by atoms with Gasteiger partial charge < -0.3 is 14.9 Å². The molecule has 9 heteroatoms. The zero-order valence-electron chi connectivity index (χ0n) is 15.7. The number of nitrogens with zero attached hydrogens (tertiary/aromatic N) is 5. The Kier molecular flexibility index (Phi) is 6.03. The highest BCUT2D eigenvalue weighted by Crippen LogP contribution is 2.19. The number of amides is 2. The molecule has 1 N–H and O–H groups in total. The van der Waals surface area contributed by atoms with Crippen molar-refractivity contribution in [3.05, 3.63) is 42.6 Å². The summed E-state index contributed by atoms with van der Waals surface area (Å²) < 4.78 is 1.73. The molecule has 3 rings (SSSR count). The molecule has 1 atom stereocenters. The predicted molar refractivity (Wildman–Crippen MR) is 99.9 cm³/mol. The van der Waals surface area contributed by atoms with Crippen molar-refractivity contribution in [2.75, 3.05) is 19.6 Å². The van der Waals surface area contributed by atoms with Crippen LogP contribution in [-0.4, -0.2) is 72.9 Å². The fraction of sp³-hybridized carbons (Fsp3) is 0.421. The number of carbonyl (C=O) groups excluding carboxylic acids is 2. The van der Waals surface area contributed by atoms with E-state index in [4.69, 9.17) is 5.11 Å². The Bertz CT molecular complexity index is 852. The summed E-state index contributed by atoms with van der Waals surface area (Å²) in [5.74, 6) is -0.778. The van der Waals surface area contributed by atoms with Crippen LogP contribution in [0.5, 0.6) is 0 Å². The van der Waals surface area contributed by atoms with E-state index in [0.717, 1.165) is 0 Å². The lowest BCUT2D eigenvalue weighted by Gasteiger charge is -2.28. The summed E-state index contributed by atoms with van der Waals surface area (Å²) in [5.41, 5.74) is 0.533. The molecular weight excluding hydrogens is 362 g/mol. The third-order valence-corrected chi connectivity index (χ3v) is 4.90. The Morgan fingerprint density at radius 3 is 2.75 bits per heavy atom. The van der Waals surface area contributed by atoms with Crippen molar-refractivity contribution in [3.63, 3.8) is 0 Å². The molecule has 3 heterocycles. The first-order valence-corrected chi connectivity index (χ1v) is 9.18. The van der Waals surface area contributed by atoms with Gasteiger partial charge in [-0.1, -0.05) is 0 Å². The van der Waals surface area contributed by atoms with E-state index < -0.39 is 5.97 Å². The molecule has 2 aromatic rings. The highest BCUT2D eigenvalue weighted by atomic mass is 16.4. The van der Waals surface area contributed by atoms with Crippen molar-refractivity contribution in [3.8, 4) is 5.82 Å². The number of aromatic nitrogens is 3. The number of aliphatic carboxylic acids is 1. The maximum atomic E-state index is 13.0. The second-order valence-corrected chi connectivity index (χ2v) is 6.79. The molecule has 28 heavy (non-hydrogen) atoms. The van der Waals surface area contributed by atoms with E-state index in [0.29, 0.717) is 43.7 Å². The van der Waals surface area contributed by atoms with Crippen LogP contribution in [0.15, 0.2) is 37.1 Å². The van der Waals surface area contributed by atoms with E-state index >= 15 is 0 Å². The zero-order chi connectivity index (χ0) is 20.1. The number of imidazole rings is 1. The normalized spacial score (nSPS) is 17.0. The first-order valence-electron chi connectivity index (χ1n) is 9.18. The molecule has 0 spiro atoms. The van der Waals surface area contributed by atoms with Crippen molar-refractivity contribution < 1.29 is 19.5 Å². The van der Waals surface area contributed by atoms with E-state index in [2.05, 4.69) is 9.97 Å². The standard InChI is InChI=1S/C19H23N5O4/c1-14(25)24(12-18(26)27)16-3-2-8-22(9-5-16)19(28)15-4-6-21-17(11-15)23-10-7-20-13-23/h4,6-7,10-11,13,16H,2-3,5,8-9,12H2,1H3,(H,26,27). The Morgan fingerprint density at radius 2 is 2.07 bits per heavy atom. The summed E-state index contributed by atoms with van der Waals surface area (Å²) in [6.45, 7) is 2.10. The van der Waals surface area contributed by atoms with Crippen molar-refractivity contribution in [2.24, 2.45) is 0 Å². The van der Waals surface area contributed by atoms with E-state index in [1.807, 2.05) is 0 Å². The maximum Gasteiger partial charge on any atom is 0.323 e. The maximum absolute atomic E-state index is 13.0. The van der Waals surface area contributed by atoms with Crippen LogP contribution in [0.25, 0.3) is 5.82 Å². The molecule has 1 unspecified atom stereocenters. The summed E-state index contributed by atoms with van der Waals surface area (Å²) in [6.07, 6.45) is 8.54. The smallest absolute Gasteiger partial charge is 0.323 e. The summed E-state index contributed by atoms with van der Waals surface area (Å²) >= 11 is 0. The summed E-state index contributed by atoms with van der Waals surface area (Å²) in [5, 5.41) is 9.06. The first-order chi connectivity index (χ1) is 13.5. The molecule has 2 amide bonds. The van der Waals surface area contributed by atoms with Crippen LogP contribution < -0.4 is 0 Å². The third-order valence-electron chi connectivity index (χ3n) is 4.90. The number of carbonyl (C=O) groups is 3. The lowest BCUT2D eigenvalue weighted by Crippen LogP contribution is -2.43. The van der Waals surface area contributed by atoms with Gasteiger partial charge >= 0.3 is 5.97 Å². The van der Waals surface area contributed by atoms with Gasteiger partial charge in [-0.2, -0.15) is 0 Å². The minimum atomic E-state index is -1.03. The number of rotatable bonds is 5. The van der Waals surface area contributed by atoms with Crippen LogP contribution in [0.1, 0.15) is 36.5 Å². The first kappa shape index (κ1) is 19.5. The van der Waals surface area contributed by atoms with Gasteiger partial charge in [-0.25, -0.2) is 9.97 Å². The summed E-state index contributed by atoms with van der Waals surface area (Å²) in [6, 6.07) is 3.22. The minimum Gasteiger partial charge on any atom is -0.480 e. The average Bonchev–Trinajstić information content (AvgIpc) is 3.11. The minimum absolute atomic E-state index is 0.1000. The molecule has 0 aliphatic carbocycles. The van der Waals surface area contributed by atoms with Gasteiger partial charge in [0.15, 0.2) is 0 Å². The largest absolute Gasteiger partial charge is 0.480 e. The van der Waals surface area contributed by atoms with Gasteiger partial charge in [0.2, 0.25) is 5.91 Å². The molecular formula is C19H23N5O4. The molecule has 0 bridgehead atoms. The van der Waals surface area contributed by atoms with Crippen LogP contribution >= 0.6 is 0 Å². The predicted octanol–water partition coefficient (Wildman–Crippen LogP) is 1.20. The zero-order valence-corrected chi connectivity index (χ0v) is 15.7. The van der Waals surface area contributed by atoms with Crippen molar-refractivity contribution >= 4 is 17.8 Å². The van der Waals surface area contributed by atoms with E-state index in [1.54, 1.807) is 46.5 Å². The monoisotopic (exact) mass is 385 g/mol. The number of carboxylic acid groups (broad SMARTS) is 1. The SMILES string of the molecule is CC(=O)N(CC(=O)O)C1CCCN(C(=O)c2ccnc(-n3ccnc3)c2)CC1. The van der Waals surface area contributed by atoms with Gasteiger partial charge in [0, 0.05) is 50.2 Å². The number of hydrogen-bond acceptors (Lipinski definition) is 5. The topological polar surface area (TPSA) is 109 Å². The fourth-order valence-electron chi connectivity index (χ4n) is 3.51. The molecule has 9 nitrogen and oxygen atoms in total. The van der Waals surface area contributed by atoms with E-state index in [1.165, 1.54) is 11.8 Å². The molecule has 2 aromatic heterocycles. The molecule has 148 valence electrons. The molecule has 1 saturated heterocycles. The van der Waals surface area contributed by atoms with Crippen LogP contribution in [0, 0.1) is 0 Å². The number of hydrogen-bond donors (Lipinski definition) is 1. The molecule has 1 aliphatic heterocycles. The third kappa shape index (κ3) is 4.54. The number of carboxylic acids is 1. The summed E-state index contributed by atoms with van der Waals surface area (Å²) in [7, 11) is 0. The Hall–Kier alpha value is -3.23. The van der Waals surface area contributed by atoms with Crippen LogP contribution in [0.2, 0.25) is 0 Å². The van der Waals surface area contributed by atoms with E-state index in [9.17, 15) is 14.4 Å². The van der Waals surface area contributed by atoms with Gasteiger partial charge in [0.1, 0.15) is 18.7 Å². The molecule has 1 fully saturated rings. The van der Waals surface area contributed by atoms with E-state index in [-0.39, 0.29) is 24.4 Å². The van der Waals surface area contributed by atoms with Crippen LogP contribution in [0.3, 0.4) is 0 Å². The van der Waals surface area contributed by atoms with Gasteiger partial charge in [-0.3, -0.25) is 19.0 Å². The van der Waals surface area contributed by atoms with Crippen molar-refractivity contribution in [1.29, 1.82) is 0 Å². The van der Waals surface area contributed by atoms with Crippen LogP contribution in [0.4, 0.5) is 0 Å². The lowest BCUT2D eigenvalue weighted by molar-refractivity contribution is -0.145. The Morgan fingerprint density at radius 1 is 1.25 bits per heavy atom. The fourth-order valence-corrected chi connectivity index (χ4v) is 3.51. The molecule has 1 aliphatic rings. The van der Waals surface area contributed by atoms with Crippen molar-refractivity contribution in [1.82, 2.24) is 24.3 Å². The molecule has 0 saturated carbocycles. The van der Waals surface area contributed by atoms with Gasteiger partial charge in [-0.05, 0) is 31.4 Å². The van der Waals surface area contributed by atoms with Crippen LogP contribution in [-0.2, 0) is 9.59 Å². The van der Waals surface area contributed by atoms with Gasteiger partial charge in [-0.15, -0.1) is 0 Å². The Balaban J connectivity index is 1.70. The highest BCUT2D eigenvalue weighted by molar-refractivity contribution is 5.94. The van der Waals surface area contributed by atoms with Crippen molar-refractivity contribution in [2.45, 2.75) is 32.2 Å². The van der Waals surface area contributed by atoms with Gasteiger partial charge in [0.25, 0.3) is 5.91 Å². The number of likely N-dealkylation sites (tertiary alicyclic amines) is 1. The molecule has 0 radical (unpaired) electrons. The molecule has 0 aromatic carbocycles. The quantitative estimate of drug-likeness (QED) is 0.828. The van der Waals surface area contributed by atoms with Gasteiger partial charge in [0.05, 0.1) is 0 Å². The second-order valence-electron chi connectivity index (χ2n) is 6.79.